The van der Waals surface area contributed by atoms with Crippen LogP contribution in [0.15, 0.2) is 47.4 Å². The fraction of sp³-hybridized carbons (Fsp3) is 0.222. The summed E-state index contributed by atoms with van der Waals surface area (Å²) >= 11 is 0. The zero-order valence-corrected chi connectivity index (χ0v) is 14.6. The number of rotatable bonds is 7. The molecule has 0 unspecified atom stereocenters. The highest BCUT2D eigenvalue weighted by Crippen LogP contribution is 2.17. The van der Waals surface area contributed by atoms with E-state index in [-0.39, 0.29) is 31.1 Å². The van der Waals surface area contributed by atoms with Gasteiger partial charge in [0.25, 0.3) is 11.8 Å². The third kappa shape index (κ3) is 5.18. The highest BCUT2D eigenvalue weighted by molar-refractivity contribution is 5.92. The average molecular weight is 367 g/mol. The van der Waals surface area contributed by atoms with Crippen molar-refractivity contribution in [1.82, 2.24) is 25.4 Å². The summed E-state index contributed by atoms with van der Waals surface area (Å²) in [6, 6.07) is 7.62. The smallest absolute Gasteiger partial charge is 0.308 e. The Morgan fingerprint density at radius 2 is 2.00 bits per heavy atom. The molecule has 3 aromatic rings. The van der Waals surface area contributed by atoms with Gasteiger partial charge >= 0.3 is 5.97 Å². The van der Waals surface area contributed by atoms with E-state index in [1.54, 1.807) is 0 Å². The number of ether oxygens (including phenoxy) is 1. The molecule has 0 bridgehead atoms. The maximum absolute atomic E-state index is 11.8. The van der Waals surface area contributed by atoms with E-state index in [1.807, 2.05) is 31.2 Å². The van der Waals surface area contributed by atoms with Gasteiger partial charge in [0.2, 0.25) is 5.82 Å². The maximum Gasteiger partial charge on any atom is 0.308 e. The lowest BCUT2D eigenvalue weighted by molar-refractivity contribution is -0.145. The Labute approximate surface area is 154 Å². The van der Waals surface area contributed by atoms with Crippen molar-refractivity contribution >= 4 is 11.9 Å². The molecule has 0 saturated heterocycles. The fourth-order valence-electron chi connectivity index (χ4n) is 2.13. The number of aromatic nitrogens is 4. The van der Waals surface area contributed by atoms with Crippen molar-refractivity contribution in [3.8, 4) is 11.5 Å². The topological polar surface area (TPSA) is 120 Å². The van der Waals surface area contributed by atoms with E-state index < -0.39 is 11.9 Å². The number of hydrogen-bond acceptors (Lipinski definition) is 8. The maximum atomic E-state index is 11.8. The molecule has 0 aliphatic rings. The minimum absolute atomic E-state index is 0.00860. The van der Waals surface area contributed by atoms with Gasteiger partial charge in [0.15, 0.2) is 6.61 Å². The first kappa shape index (κ1) is 18.2. The number of nitrogens with one attached hydrogen (secondary N) is 1. The number of carbonyl (C=O) groups is 2. The second-order valence-corrected chi connectivity index (χ2v) is 5.64. The third-order valence-electron chi connectivity index (χ3n) is 3.54. The van der Waals surface area contributed by atoms with Gasteiger partial charge in [-0.2, -0.15) is 4.98 Å². The number of esters is 1. The van der Waals surface area contributed by atoms with Crippen molar-refractivity contribution in [3.63, 3.8) is 0 Å². The third-order valence-corrected chi connectivity index (χ3v) is 3.54. The van der Waals surface area contributed by atoms with Crippen LogP contribution in [0.3, 0.4) is 0 Å². The van der Waals surface area contributed by atoms with Gasteiger partial charge < -0.3 is 14.6 Å². The van der Waals surface area contributed by atoms with E-state index in [1.165, 1.54) is 18.6 Å². The first-order chi connectivity index (χ1) is 13.1. The largest absolute Gasteiger partial charge is 0.457 e. The molecular formula is C18H17N5O4. The lowest BCUT2D eigenvalue weighted by atomic mass is 10.1. The molecule has 0 radical (unpaired) electrons. The Kier molecular flexibility index (Phi) is 5.83. The van der Waals surface area contributed by atoms with Crippen LogP contribution in [0.4, 0.5) is 0 Å². The predicted molar refractivity (Wildman–Crippen MR) is 93.2 cm³/mol. The Hall–Kier alpha value is -3.62. The Balaban J connectivity index is 1.42. The summed E-state index contributed by atoms with van der Waals surface area (Å²) in [4.78, 5) is 35.4. The van der Waals surface area contributed by atoms with Crippen LogP contribution < -0.4 is 5.32 Å². The number of hydrogen-bond donors (Lipinski definition) is 1. The highest BCUT2D eigenvalue weighted by atomic mass is 16.5. The normalized spacial score (nSPS) is 10.4. The molecular weight excluding hydrogens is 350 g/mol. The minimum atomic E-state index is -0.490. The van der Waals surface area contributed by atoms with E-state index >= 15 is 0 Å². The van der Waals surface area contributed by atoms with Crippen LogP contribution in [0.2, 0.25) is 0 Å². The molecule has 0 atom stereocenters. The molecule has 2 heterocycles. The molecule has 27 heavy (non-hydrogen) atoms. The number of nitrogens with zero attached hydrogens (tertiary/aromatic N) is 4. The first-order valence-electron chi connectivity index (χ1n) is 8.21. The van der Waals surface area contributed by atoms with Crippen LogP contribution in [0.5, 0.6) is 0 Å². The number of amides is 1. The minimum Gasteiger partial charge on any atom is -0.457 e. The van der Waals surface area contributed by atoms with E-state index in [0.29, 0.717) is 5.89 Å². The Morgan fingerprint density at radius 1 is 1.19 bits per heavy atom. The number of benzene rings is 1. The molecule has 0 fully saturated rings. The van der Waals surface area contributed by atoms with Crippen LogP contribution in [-0.4, -0.2) is 38.5 Å². The Morgan fingerprint density at radius 3 is 2.74 bits per heavy atom. The van der Waals surface area contributed by atoms with Crippen LogP contribution in [-0.2, 0) is 16.1 Å². The first-order valence-corrected chi connectivity index (χ1v) is 8.21. The van der Waals surface area contributed by atoms with Gasteiger partial charge in [0.05, 0.1) is 12.6 Å². The van der Waals surface area contributed by atoms with Crippen molar-refractivity contribution in [1.29, 1.82) is 0 Å². The predicted octanol–water partition coefficient (Wildman–Crippen LogP) is 1.70. The van der Waals surface area contributed by atoms with Crippen LogP contribution >= 0.6 is 0 Å². The van der Waals surface area contributed by atoms with Gasteiger partial charge in [-0.1, -0.05) is 22.9 Å². The van der Waals surface area contributed by atoms with Gasteiger partial charge in [-0.25, -0.2) is 4.98 Å². The van der Waals surface area contributed by atoms with Gasteiger partial charge in [-0.15, -0.1) is 0 Å². The molecule has 9 nitrogen and oxygen atoms in total. The van der Waals surface area contributed by atoms with Crippen LogP contribution in [0, 0.1) is 6.92 Å². The molecule has 2 aromatic heterocycles. The molecule has 1 amide bonds. The van der Waals surface area contributed by atoms with Crippen molar-refractivity contribution in [2.75, 3.05) is 6.54 Å². The average Bonchev–Trinajstić information content (AvgIpc) is 3.16. The summed E-state index contributed by atoms with van der Waals surface area (Å²) in [5.74, 6) is -0.271. The van der Waals surface area contributed by atoms with E-state index in [2.05, 4.69) is 25.4 Å². The highest BCUT2D eigenvalue weighted by Gasteiger charge is 2.12. The summed E-state index contributed by atoms with van der Waals surface area (Å²) in [5.41, 5.74) is 2.09. The van der Waals surface area contributed by atoms with Crippen molar-refractivity contribution in [2.24, 2.45) is 0 Å². The van der Waals surface area contributed by atoms with Gasteiger partial charge in [0.1, 0.15) is 5.69 Å². The summed E-state index contributed by atoms with van der Waals surface area (Å²) < 4.78 is 10.2. The standard InChI is InChI=1S/C18H17N5O4/c1-12-2-4-13(5-3-12)18-22-15(23-27-18)11-26-16(24)6-7-21-17(25)14-10-19-8-9-20-14/h2-5,8-10H,6-7,11H2,1H3,(H,21,25). The van der Waals surface area contributed by atoms with Gasteiger partial charge in [-0.3, -0.25) is 14.6 Å². The summed E-state index contributed by atoms with van der Waals surface area (Å²) in [5, 5.41) is 6.35. The van der Waals surface area contributed by atoms with E-state index in [4.69, 9.17) is 9.26 Å². The summed E-state index contributed by atoms with van der Waals surface area (Å²) in [6.45, 7) is 2.00. The Bertz CT molecular complexity index is 909. The van der Waals surface area contributed by atoms with E-state index in [0.717, 1.165) is 11.1 Å². The molecule has 1 aromatic carbocycles. The van der Waals surface area contributed by atoms with Crippen LogP contribution in [0.1, 0.15) is 28.3 Å². The SMILES string of the molecule is Cc1ccc(-c2nc(COC(=O)CCNC(=O)c3cnccn3)no2)cc1. The summed E-state index contributed by atoms with van der Waals surface area (Å²) in [6.07, 6.45) is 4.24. The van der Waals surface area contributed by atoms with E-state index in [9.17, 15) is 9.59 Å². The number of aryl methyl sites for hydroxylation is 1. The van der Waals surface area contributed by atoms with Crippen molar-refractivity contribution in [3.05, 3.63) is 59.9 Å². The molecule has 9 heteroatoms. The van der Waals surface area contributed by atoms with Gasteiger partial charge in [0, 0.05) is 24.5 Å². The molecule has 0 aliphatic carbocycles. The molecule has 0 spiro atoms. The zero-order chi connectivity index (χ0) is 19.1. The molecule has 3 rings (SSSR count). The zero-order valence-electron chi connectivity index (χ0n) is 14.6. The number of carbonyl (C=O) groups excluding carboxylic acids is 2. The quantitative estimate of drug-likeness (QED) is 0.627. The second kappa shape index (κ2) is 8.65. The molecule has 138 valence electrons. The molecule has 0 aliphatic heterocycles. The second-order valence-electron chi connectivity index (χ2n) is 5.64. The van der Waals surface area contributed by atoms with Crippen LogP contribution in [0.25, 0.3) is 11.5 Å². The molecule has 0 saturated carbocycles. The van der Waals surface area contributed by atoms with Crippen molar-refractivity contribution in [2.45, 2.75) is 20.0 Å². The molecule has 1 N–H and O–H groups in total. The van der Waals surface area contributed by atoms with Crippen molar-refractivity contribution < 1.29 is 18.8 Å². The lowest BCUT2D eigenvalue weighted by Crippen LogP contribution is -2.27. The monoisotopic (exact) mass is 367 g/mol. The lowest BCUT2D eigenvalue weighted by Gasteiger charge is -2.04. The summed E-state index contributed by atoms with van der Waals surface area (Å²) in [7, 11) is 0. The fourth-order valence-corrected chi connectivity index (χ4v) is 2.13. The van der Waals surface area contributed by atoms with Gasteiger partial charge in [-0.05, 0) is 19.1 Å².